The summed E-state index contributed by atoms with van der Waals surface area (Å²) in [5.41, 5.74) is 0.886. The number of thioether (sulfide) groups is 1. The van der Waals surface area contributed by atoms with Crippen molar-refractivity contribution in [2.45, 2.75) is 0 Å². The van der Waals surface area contributed by atoms with Gasteiger partial charge in [-0.15, -0.1) is 0 Å². The van der Waals surface area contributed by atoms with Gasteiger partial charge in [-0.1, -0.05) is 23.2 Å². The molecule has 0 bridgehead atoms. The van der Waals surface area contributed by atoms with Crippen molar-refractivity contribution in [2.24, 2.45) is 0 Å². The maximum absolute atomic E-state index is 12.7. The van der Waals surface area contributed by atoms with E-state index in [2.05, 4.69) is 5.32 Å². The molecule has 1 aliphatic rings. The molecule has 172 valence electrons. The van der Waals surface area contributed by atoms with Gasteiger partial charge in [0.2, 0.25) is 5.91 Å². The van der Waals surface area contributed by atoms with E-state index in [9.17, 15) is 24.3 Å². The predicted octanol–water partition coefficient (Wildman–Crippen LogP) is 5.63. The fraction of sp³-hybridized carbons (Fsp3) is 0.0435. The number of rotatable bonds is 6. The fourth-order valence-corrected chi connectivity index (χ4v) is 4.21. The van der Waals surface area contributed by atoms with E-state index in [1.165, 1.54) is 18.2 Å². The van der Waals surface area contributed by atoms with Crippen LogP contribution in [0.4, 0.5) is 10.5 Å². The van der Waals surface area contributed by atoms with E-state index in [0.29, 0.717) is 33.8 Å². The third kappa shape index (κ3) is 5.17. The van der Waals surface area contributed by atoms with Gasteiger partial charge in [-0.2, -0.15) is 0 Å². The molecule has 2 aromatic carbocycles. The number of furan rings is 1. The second-order valence-corrected chi connectivity index (χ2v) is 8.86. The van der Waals surface area contributed by atoms with Crippen LogP contribution >= 0.6 is 35.0 Å². The summed E-state index contributed by atoms with van der Waals surface area (Å²) in [6, 6.07) is 14.0. The lowest BCUT2D eigenvalue weighted by molar-refractivity contribution is -0.127. The van der Waals surface area contributed by atoms with Crippen molar-refractivity contribution in [2.75, 3.05) is 11.9 Å². The number of amides is 3. The summed E-state index contributed by atoms with van der Waals surface area (Å²) < 4.78 is 5.70. The first-order valence-corrected chi connectivity index (χ1v) is 11.2. The molecule has 2 N–H and O–H groups in total. The third-order valence-corrected chi connectivity index (χ3v) is 6.17. The normalized spacial score (nSPS) is 14.6. The summed E-state index contributed by atoms with van der Waals surface area (Å²) in [5, 5.41) is 11.8. The van der Waals surface area contributed by atoms with Gasteiger partial charge in [0.25, 0.3) is 11.1 Å². The molecule has 34 heavy (non-hydrogen) atoms. The molecule has 0 unspecified atom stereocenters. The highest BCUT2D eigenvalue weighted by Crippen LogP contribution is 2.34. The summed E-state index contributed by atoms with van der Waals surface area (Å²) in [6.07, 6.45) is 1.39. The van der Waals surface area contributed by atoms with Crippen LogP contribution < -0.4 is 5.32 Å². The molecular weight excluding hydrogens is 503 g/mol. The van der Waals surface area contributed by atoms with Crippen LogP contribution in [0, 0.1) is 0 Å². The average Bonchev–Trinajstić information content (AvgIpc) is 3.36. The summed E-state index contributed by atoms with van der Waals surface area (Å²) in [5.74, 6) is -1.71. The van der Waals surface area contributed by atoms with Gasteiger partial charge in [-0.05, 0) is 66.4 Å². The van der Waals surface area contributed by atoms with Crippen LogP contribution in [0.2, 0.25) is 10.0 Å². The molecule has 0 atom stereocenters. The second kappa shape index (κ2) is 9.76. The standard InChI is InChI=1S/C23H14Cl2N2O6S/c24-13-2-4-14(5-3-13)26-20(28)11-27-21(29)19(34-23(27)32)10-15-6-8-18(33-15)12-1-7-17(25)16(9-12)22(30)31/h1-10H,11H2,(H,26,28)(H,30,31). The number of nitrogens with zero attached hydrogens (tertiary/aromatic N) is 1. The lowest BCUT2D eigenvalue weighted by Crippen LogP contribution is -2.36. The molecule has 11 heteroatoms. The largest absolute Gasteiger partial charge is 0.478 e. The van der Waals surface area contributed by atoms with Crippen LogP contribution in [0.5, 0.6) is 0 Å². The molecular formula is C23H14Cl2N2O6S. The first-order chi connectivity index (χ1) is 16.2. The Hall–Kier alpha value is -3.53. The predicted molar refractivity (Wildman–Crippen MR) is 129 cm³/mol. The summed E-state index contributed by atoms with van der Waals surface area (Å²) >= 11 is 12.4. The van der Waals surface area contributed by atoms with E-state index in [0.717, 1.165) is 4.90 Å². The molecule has 1 aliphatic heterocycles. The van der Waals surface area contributed by atoms with E-state index in [1.807, 2.05) is 0 Å². The number of carboxylic acid groups (broad SMARTS) is 1. The minimum Gasteiger partial charge on any atom is -0.478 e. The van der Waals surface area contributed by atoms with Crippen LogP contribution in [0.15, 0.2) is 63.9 Å². The van der Waals surface area contributed by atoms with Gasteiger partial charge >= 0.3 is 5.97 Å². The Morgan fingerprint density at radius 2 is 1.79 bits per heavy atom. The Bertz CT molecular complexity index is 1350. The number of carbonyl (C=O) groups is 4. The highest BCUT2D eigenvalue weighted by Gasteiger charge is 2.36. The number of halogens is 2. The molecule has 4 rings (SSSR count). The molecule has 2 heterocycles. The molecule has 1 fully saturated rings. The molecule has 1 saturated heterocycles. The molecule has 0 spiro atoms. The van der Waals surface area contributed by atoms with Gasteiger partial charge < -0.3 is 14.8 Å². The van der Waals surface area contributed by atoms with E-state index in [-0.39, 0.29) is 21.3 Å². The number of hydrogen-bond donors (Lipinski definition) is 2. The Labute approximate surface area is 207 Å². The molecule has 0 saturated carbocycles. The maximum Gasteiger partial charge on any atom is 0.337 e. The number of aromatic carboxylic acids is 1. The smallest absolute Gasteiger partial charge is 0.337 e. The van der Waals surface area contributed by atoms with E-state index in [1.54, 1.807) is 42.5 Å². The SMILES string of the molecule is O=C(CN1C(=O)SC(=Cc2ccc(-c3ccc(Cl)c(C(=O)O)c3)o2)C1=O)Nc1ccc(Cl)cc1. The van der Waals surface area contributed by atoms with Crippen molar-refractivity contribution < 1.29 is 28.7 Å². The number of carbonyl (C=O) groups excluding carboxylic acids is 3. The van der Waals surface area contributed by atoms with Crippen LogP contribution in [-0.2, 0) is 9.59 Å². The molecule has 3 amide bonds. The van der Waals surface area contributed by atoms with Gasteiger partial charge in [-0.3, -0.25) is 19.3 Å². The lowest BCUT2D eigenvalue weighted by atomic mass is 10.1. The summed E-state index contributed by atoms with van der Waals surface area (Å²) in [6.45, 7) is -0.448. The van der Waals surface area contributed by atoms with Crippen molar-refractivity contribution in [1.82, 2.24) is 4.90 Å². The monoisotopic (exact) mass is 516 g/mol. The summed E-state index contributed by atoms with van der Waals surface area (Å²) in [4.78, 5) is 49.5. The zero-order chi connectivity index (χ0) is 24.4. The van der Waals surface area contributed by atoms with Crippen LogP contribution in [0.3, 0.4) is 0 Å². The zero-order valence-corrected chi connectivity index (χ0v) is 19.4. The van der Waals surface area contributed by atoms with Crippen molar-refractivity contribution in [1.29, 1.82) is 0 Å². The van der Waals surface area contributed by atoms with Crippen molar-refractivity contribution in [3.8, 4) is 11.3 Å². The molecule has 1 aromatic heterocycles. The highest BCUT2D eigenvalue weighted by atomic mass is 35.5. The zero-order valence-electron chi connectivity index (χ0n) is 17.1. The van der Waals surface area contributed by atoms with Crippen LogP contribution in [0.25, 0.3) is 17.4 Å². The number of carboxylic acids is 1. The summed E-state index contributed by atoms with van der Waals surface area (Å²) in [7, 11) is 0. The van der Waals surface area contributed by atoms with Gasteiger partial charge in [0.05, 0.1) is 15.5 Å². The van der Waals surface area contributed by atoms with E-state index >= 15 is 0 Å². The third-order valence-electron chi connectivity index (χ3n) is 4.68. The second-order valence-electron chi connectivity index (χ2n) is 7.02. The van der Waals surface area contributed by atoms with Crippen molar-refractivity contribution in [3.63, 3.8) is 0 Å². The molecule has 8 nitrogen and oxygen atoms in total. The van der Waals surface area contributed by atoms with Crippen LogP contribution in [0.1, 0.15) is 16.1 Å². The number of anilines is 1. The van der Waals surface area contributed by atoms with Gasteiger partial charge in [0.15, 0.2) is 0 Å². The highest BCUT2D eigenvalue weighted by molar-refractivity contribution is 8.18. The fourth-order valence-electron chi connectivity index (χ4n) is 3.07. The van der Waals surface area contributed by atoms with Crippen molar-refractivity contribution >= 4 is 69.8 Å². The molecule has 0 aliphatic carbocycles. The maximum atomic E-state index is 12.7. The molecule has 3 aromatic rings. The number of nitrogens with one attached hydrogen (secondary N) is 1. The average molecular weight is 517 g/mol. The topological polar surface area (TPSA) is 117 Å². The van der Waals surface area contributed by atoms with Crippen LogP contribution in [-0.4, -0.2) is 39.6 Å². The Morgan fingerprint density at radius 3 is 2.50 bits per heavy atom. The molecule has 0 radical (unpaired) electrons. The quantitative estimate of drug-likeness (QED) is 0.407. The Morgan fingerprint density at radius 1 is 1.06 bits per heavy atom. The number of imide groups is 1. The van der Waals surface area contributed by atoms with Gasteiger partial charge in [0.1, 0.15) is 18.1 Å². The first kappa shape index (κ1) is 23.6. The van der Waals surface area contributed by atoms with Gasteiger partial charge in [0, 0.05) is 22.3 Å². The lowest BCUT2D eigenvalue weighted by Gasteiger charge is -2.12. The number of hydrogen-bond acceptors (Lipinski definition) is 6. The first-order valence-electron chi connectivity index (χ1n) is 9.65. The Kier molecular flexibility index (Phi) is 6.78. The van der Waals surface area contributed by atoms with Gasteiger partial charge in [-0.25, -0.2) is 4.79 Å². The number of benzene rings is 2. The minimum atomic E-state index is -1.17. The van der Waals surface area contributed by atoms with Crippen molar-refractivity contribution in [3.05, 3.63) is 80.9 Å². The van der Waals surface area contributed by atoms with E-state index in [4.69, 9.17) is 27.6 Å². The Balaban J connectivity index is 1.47. The van der Waals surface area contributed by atoms with E-state index < -0.39 is 29.6 Å². The minimum absolute atomic E-state index is 0.0740.